The van der Waals surface area contributed by atoms with Gasteiger partial charge in [0.25, 0.3) is 10.0 Å². The van der Waals surface area contributed by atoms with Gasteiger partial charge < -0.3 is 0 Å². The van der Waals surface area contributed by atoms with E-state index in [1.165, 1.54) is 37.3 Å². The summed E-state index contributed by atoms with van der Waals surface area (Å²) in [5, 5.41) is -0.384. The Balaban J connectivity index is 2.70. The Morgan fingerprint density at radius 3 is 2.25 bits per heavy atom. The first-order valence-corrected chi connectivity index (χ1v) is 9.54. The number of benzene rings is 2. The summed E-state index contributed by atoms with van der Waals surface area (Å²) in [5.41, 5.74) is 0.181. The molecule has 2 aromatic carbocycles. The highest BCUT2D eigenvalue weighted by Crippen LogP contribution is 2.33. The number of carbonyl (C=O) groups is 1. The van der Waals surface area contributed by atoms with E-state index in [0.717, 1.165) is 4.31 Å². The molecule has 0 N–H and O–H groups in total. The lowest BCUT2D eigenvalue weighted by molar-refractivity contribution is -0.112. The van der Waals surface area contributed by atoms with E-state index in [-0.39, 0.29) is 20.6 Å². The van der Waals surface area contributed by atoms with Crippen molar-refractivity contribution in [2.24, 2.45) is 0 Å². The molecule has 0 spiro atoms. The Labute approximate surface area is 159 Å². The molecule has 0 aliphatic rings. The average Bonchev–Trinajstić information content (AvgIpc) is 2.49. The third-order valence-electron chi connectivity index (χ3n) is 3.17. The largest absolute Gasteiger partial charge is 0.279 e. The lowest BCUT2D eigenvalue weighted by atomic mass is 10.3. The van der Waals surface area contributed by atoms with Crippen molar-refractivity contribution in [3.8, 4) is 0 Å². The Morgan fingerprint density at radius 2 is 1.67 bits per heavy atom. The zero-order valence-electron chi connectivity index (χ0n) is 12.2. The smallest absolute Gasteiger partial charge is 0.266 e. The average molecular weight is 427 g/mol. The van der Waals surface area contributed by atoms with Crippen LogP contribution in [-0.4, -0.2) is 19.7 Å². The molecular weight excluding hydrogens is 416 g/mol. The van der Waals surface area contributed by atoms with Gasteiger partial charge in [0.05, 0.1) is 10.7 Å². The number of rotatable bonds is 5. The van der Waals surface area contributed by atoms with Gasteiger partial charge in [0.2, 0.25) is 5.24 Å². The predicted molar refractivity (Wildman–Crippen MR) is 97.9 cm³/mol. The van der Waals surface area contributed by atoms with Crippen molar-refractivity contribution in [1.29, 1.82) is 0 Å². The lowest BCUT2D eigenvalue weighted by Crippen LogP contribution is -2.42. The Morgan fingerprint density at radius 1 is 1.04 bits per heavy atom. The van der Waals surface area contributed by atoms with Crippen LogP contribution in [0.5, 0.6) is 0 Å². The summed E-state index contributed by atoms with van der Waals surface area (Å²) in [6.45, 7) is 1.37. The number of sulfonamides is 1. The summed E-state index contributed by atoms with van der Waals surface area (Å²) < 4.78 is 27.1. The van der Waals surface area contributed by atoms with Gasteiger partial charge in [-0.05, 0) is 54.9 Å². The van der Waals surface area contributed by atoms with E-state index in [2.05, 4.69) is 0 Å². The summed E-state index contributed by atoms with van der Waals surface area (Å²) in [6, 6.07) is 8.91. The standard InChI is InChI=1S/C15H11Cl4NO3S/c1-9(15(19)21)20(12-4-2-3-10(16)7-12)24(22,23)14-8-11(17)5-6-13(14)18/h2-9H,1H3. The lowest BCUT2D eigenvalue weighted by Gasteiger charge is -2.28. The molecule has 24 heavy (non-hydrogen) atoms. The van der Waals surface area contributed by atoms with Crippen LogP contribution >= 0.6 is 46.4 Å². The second kappa shape index (κ2) is 7.50. The molecule has 0 fully saturated rings. The molecule has 0 heterocycles. The number of halogens is 4. The van der Waals surface area contributed by atoms with Crippen LogP contribution in [0.15, 0.2) is 47.4 Å². The van der Waals surface area contributed by atoms with E-state index < -0.39 is 21.3 Å². The zero-order chi connectivity index (χ0) is 18.1. The van der Waals surface area contributed by atoms with E-state index >= 15 is 0 Å². The zero-order valence-corrected chi connectivity index (χ0v) is 16.1. The molecule has 2 aromatic rings. The summed E-state index contributed by atoms with van der Waals surface area (Å²) in [4.78, 5) is 11.4. The van der Waals surface area contributed by atoms with Gasteiger partial charge in [0.15, 0.2) is 0 Å². The molecular formula is C15H11Cl4NO3S. The maximum atomic E-state index is 13.1. The second-order valence-corrected chi connectivity index (χ2v) is 8.27. The summed E-state index contributed by atoms with van der Waals surface area (Å²) in [5.74, 6) is 0. The van der Waals surface area contributed by atoms with Crippen LogP contribution in [0.2, 0.25) is 15.1 Å². The first-order valence-electron chi connectivity index (χ1n) is 6.59. The Kier molecular flexibility index (Phi) is 6.04. The third-order valence-corrected chi connectivity index (χ3v) is 6.34. The molecule has 9 heteroatoms. The van der Waals surface area contributed by atoms with Crippen LogP contribution in [0.25, 0.3) is 0 Å². The van der Waals surface area contributed by atoms with Crippen LogP contribution in [0.1, 0.15) is 6.92 Å². The van der Waals surface area contributed by atoms with Gasteiger partial charge in [0, 0.05) is 10.0 Å². The summed E-state index contributed by atoms with van der Waals surface area (Å²) in [7, 11) is -4.22. The molecule has 0 radical (unpaired) electrons. The topological polar surface area (TPSA) is 54.5 Å². The van der Waals surface area contributed by atoms with Crippen molar-refractivity contribution in [3.63, 3.8) is 0 Å². The summed E-state index contributed by atoms with van der Waals surface area (Å²) >= 11 is 23.4. The molecule has 0 bridgehead atoms. The van der Waals surface area contributed by atoms with Gasteiger partial charge in [-0.2, -0.15) is 0 Å². The van der Waals surface area contributed by atoms with Gasteiger partial charge in [0.1, 0.15) is 10.9 Å². The van der Waals surface area contributed by atoms with Gasteiger partial charge in [-0.1, -0.05) is 40.9 Å². The molecule has 0 saturated carbocycles. The molecule has 0 amide bonds. The predicted octanol–water partition coefficient (Wildman–Crippen LogP) is 5.00. The van der Waals surface area contributed by atoms with Gasteiger partial charge >= 0.3 is 0 Å². The Bertz CT molecular complexity index is 886. The molecule has 2 rings (SSSR count). The number of hydrogen-bond acceptors (Lipinski definition) is 3. The highest BCUT2D eigenvalue weighted by Gasteiger charge is 2.34. The Hall–Kier alpha value is -0.980. The third kappa shape index (κ3) is 3.98. The monoisotopic (exact) mass is 425 g/mol. The molecule has 0 aliphatic carbocycles. The molecule has 0 aliphatic heterocycles. The maximum absolute atomic E-state index is 13.1. The fraction of sp³-hybridized carbons (Fsp3) is 0.133. The van der Waals surface area contributed by atoms with Crippen LogP contribution in [0, 0.1) is 0 Å². The van der Waals surface area contributed by atoms with Gasteiger partial charge in [-0.3, -0.25) is 9.10 Å². The fourth-order valence-corrected chi connectivity index (χ4v) is 4.75. The molecule has 1 atom stereocenters. The van der Waals surface area contributed by atoms with Crippen molar-refractivity contribution in [3.05, 3.63) is 57.5 Å². The first kappa shape index (κ1) is 19.3. The number of anilines is 1. The minimum absolute atomic E-state index is 0.0272. The fourth-order valence-electron chi connectivity index (χ4n) is 2.06. The molecule has 4 nitrogen and oxygen atoms in total. The van der Waals surface area contributed by atoms with Crippen molar-refractivity contribution in [2.45, 2.75) is 17.9 Å². The number of hydrogen-bond donors (Lipinski definition) is 0. The van der Waals surface area contributed by atoms with Gasteiger partial charge in [-0.25, -0.2) is 8.42 Å². The van der Waals surface area contributed by atoms with E-state index in [4.69, 9.17) is 46.4 Å². The van der Waals surface area contributed by atoms with Crippen molar-refractivity contribution in [1.82, 2.24) is 0 Å². The van der Waals surface area contributed by atoms with E-state index in [1.54, 1.807) is 12.1 Å². The van der Waals surface area contributed by atoms with Crippen LogP contribution in [0.3, 0.4) is 0 Å². The normalized spacial score (nSPS) is 12.7. The number of nitrogens with zero attached hydrogens (tertiary/aromatic N) is 1. The van der Waals surface area contributed by atoms with Crippen molar-refractivity contribution < 1.29 is 13.2 Å². The molecule has 1 unspecified atom stereocenters. The highest BCUT2D eigenvalue weighted by molar-refractivity contribution is 7.93. The van der Waals surface area contributed by atoms with E-state index in [1.807, 2.05) is 0 Å². The van der Waals surface area contributed by atoms with Crippen LogP contribution < -0.4 is 4.31 Å². The second-order valence-electron chi connectivity index (χ2n) is 4.84. The summed E-state index contributed by atoms with van der Waals surface area (Å²) in [6.07, 6.45) is 0. The van der Waals surface area contributed by atoms with Crippen LogP contribution in [0.4, 0.5) is 5.69 Å². The van der Waals surface area contributed by atoms with Crippen molar-refractivity contribution in [2.75, 3.05) is 4.31 Å². The van der Waals surface area contributed by atoms with E-state index in [0.29, 0.717) is 5.02 Å². The first-order chi connectivity index (χ1) is 11.1. The number of carbonyl (C=O) groups excluding carboxylic acids is 1. The van der Waals surface area contributed by atoms with Gasteiger partial charge in [-0.15, -0.1) is 0 Å². The minimum atomic E-state index is -4.22. The highest BCUT2D eigenvalue weighted by atomic mass is 35.5. The molecule has 0 aromatic heterocycles. The SMILES string of the molecule is CC(C(=O)Cl)N(c1cccc(Cl)c1)S(=O)(=O)c1cc(Cl)ccc1Cl. The maximum Gasteiger partial charge on any atom is 0.266 e. The molecule has 128 valence electrons. The minimum Gasteiger partial charge on any atom is -0.279 e. The quantitative estimate of drug-likeness (QED) is 0.632. The van der Waals surface area contributed by atoms with Crippen molar-refractivity contribution >= 4 is 67.4 Å². The van der Waals surface area contributed by atoms with E-state index in [9.17, 15) is 13.2 Å². The van der Waals surface area contributed by atoms with Crippen LogP contribution in [-0.2, 0) is 14.8 Å². The molecule has 0 saturated heterocycles.